The highest BCUT2D eigenvalue weighted by Crippen LogP contribution is 2.41. The maximum absolute atomic E-state index is 13.3. The van der Waals surface area contributed by atoms with Gasteiger partial charge in [0.15, 0.2) is 0 Å². The van der Waals surface area contributed by atoms with Gasteiger partial charge in [-0.15, -0.1) is 11.3 Å². The minimum absolute atomic E-state index is 0.0257. The van der Waals surface area contributed by atoms with Gasteiger partial charge in [0.1, 0.15) is 5.69 Å². The largest absolute Gasteiger partial charge is 0.477 e. The molecule has 4 nitrogen and oxygen atoms in total. The topological polar surface area (TPSA) is 65.1 Å². The van der Waals surface area contributed by atoms with E-state index in [0.717, 1.165) is 12.6 Å². The molecule has 4 aromatic rings. The van der Waals surface area contributed by atoms with E-state index in [9.17, 15) is 18.0 Å². The lowest BCUT2D eigenvalue weighted by atomic mass is 10.00. The number of fused-ring (bicyclic) bond motifs is 1. The summed E-state index contributed by atoms with van der Waals surface area (Å²) in [4.78, 5) is 14.8. The molecule has 0 amide bonds. The number of carboxylic acids is 1. The number of benzene rings is 2. The first-order valence-corrected chi connectivity index (χ1v) is 14.4. The van der Waals surface area contributed by atoms with Crippen LogP contribution < -0.4 is 5.32 Å². The molecule has 3 N–H and O–H groups in total. The second-order valence-corrected chi connectivity index (χ2v) is 10.7. The Bertz CT molecular complexity index is 1310. The summed E-state index contributed by atoms with van der Waals surface area (Å²) in [6.45, 7) is 4.49. The van der Waals surface area contributed by atoms with Crippen molar-refractivity contribution in [3.05, 3.63) is 81.1 Å². The molecular formula is C30H34ClF3N2O2S. The maximum Gasteiger partial charge on any atom is 0.418 e. The number of unbranched alkanes of at least 4 members (excludes halogenated alkanes) is 6. The van der Waals surface area contributed by atoms with Crippen LogP contribution in [-0.2, 0) is 12.7 Å². The molecule has 0 aliphatic heterocycles. The van der Waals surface area contributed by atoms with Crippen molar-refractivity contribution in [2.24, 2.45) is 0 Å². The lowest BCUT2D eigenvalue weighted by molar-refractivity contribution is -0.136. The van der Waals surface area contributed by atoms with Crippen molar-refractivity contribution in [3.8, 4) is 11.1 Å². The van der Waals surface area contributed by atoms with Crippen molar-refractivity contribution in [1.29, 1.82) is 0 Å². The Morgan fingerprint density at radius 1 is 0.974 bits per heavy atom. The number of hydrogen-bond donors (Lipinski definition) is 3. The number of carbonyl (C=O) groups is 1. The first kappa shape index (κ1) is 30.7. The third-order valence-electron chi connectivity index (χ3n) is 6.31. The molecule has 0 radical (unpaired) electrons. The van der Waals surface area contributed by atoms with Gasteiger partial charge in [-0.2, -0.15) is 13.2 Å². The molecule has 0 aliphatic carbocycles. The molecule has 9 heteroatoms. The standard InChI is InChI=1S/C16H9ClF3NO2.C14H25NS/c17-12-10-6-9(8-4-2-1-3-5-8)7-11(16(18,19)20)13(10)21-14(12)15(22)23;1-2-3-4-5-6-7-8-11-15-13-14-10-9-12-16-14/h1-7,21H,(H,22,23);9-10,12,15H,2-8,11,13H2,1H3. The minimum atomic E-state index is -4.65. The van der Waals surface area contributed by atoms with Crippen molar-refractivity contribution >= 4 is 39.8 Å². The zero-order chi connectivity index (χ0) is 28.3. The van der Waals surface area contributed by atoms with Crippen LogP contribution in [0, 0.1) is 0 Å². The third kappa shape index (κ3) is 9.12. The summed E-state index contributed by atoms with van der Waals surface area (Å²) in [6.07, 6.45) is 5.11. The molecule has 4 rings (SSSR count). The molecule has 210 valence electrons. The highest BCUT2D eigenvalue weighted by Gasteiger charge is 2.35. The Labute approximate surface area is 236 Å². The highest BCUT2D eigenvalue weighted by atomic mass is 35.5. The fraction of sp³-hybridized carbons (Fsp3) is 0.367. The smallest absolute Gasteiger partial charge is 0.418 e. The zero-order valence-corrected chi connectivity index (χ0v) is 23.5. The van der Waals surface area contributed by atoms with E-state index in [1.54, 1.807) is 30.3 Å². The Hall–Kier alpha value is -2.81. The zero-order valence-electron chi connectivity index (χ0n) is 21.9. The number of carboxylic acid groups (broad SMARTS) is 1. The van der Waals surface area contributed by atoms with Gasteiger partial charge < -0.3 is 15.4 Å². The van der Waals surface area contributed by atoms with Gasteiger partial charge >= 0.3 is 12.1 Å². The fourth-order valence-electron chi connectivity index (χ4n) is 4.26. The number of rotatable bonds is 12. The summed E-state index contributed by atoms with van der Waals surface area (Å²) in [7, 11) is 0. The van der Waals surface area contributed by atoms with Crippen molar-refractivity contribution in [3.63, 3.8) is 0 Å². The number of hydrogen-bond acceptors (Lipinski definition) is 3. The van der Waals surface area contributed by atoms with Crippen LogP contribution in [0.3, 0.4) is 0 Å². The molecule has 0 unspecified atom stereocenters. The van der Waals surface area contributed by atoms with Crippen LogP contribution in [0.5, 0.6) is 0 Å². The van der Waals surface area contributed by atoms with Crippen LogP contribution in [0.4, 0.5) is 13.2 Å². The first-order valence-electron chi connectivity index (χ1n) is 13.2. The lowest BCUT2D eigenvalue weighted by Crippen LogP contribution is -2.13. The van der Waals surface area contributed by atoms with Crippen LogP contribution in [0.1, 0.15) is 72.8 Å². The van der Waals surface area contributed by atoms with Gasteiger partial charge in [0, 0.05) is 16.8 Å². The summed E-state index contributed by atoms with van der Waals surface area (Å²) < 4.78 is 40.0. The number of thiophene rings is 1. The van der Waals surface area contributed by atoms with Gasteiger partial charge in [0.2, 0.25) is 0 Å². The van der Waals surface area contributed by atoms with Crippen molar-refractivity contribution < 1.29 is 23.1 Å². The van der Waals surface area contributed by atoms with Gasteiger partial charge in [-0.25, -0.2) is 4.79 Å². The lowest BCUT2D eigenvalue weighted by Gasteiger charge is -2.11. The molecule has 0 spiro atoms. The molecule has 2 heterocycles. The molecule has 0 fully saturated rings. The molecule has 2 aromatic carbocycles. The summed E-state index contributed by atoms with van der Waals surface area (Å²) in [6, 6.07) is 15.2. The van der Waals surface area contributed by atoms with E-state index in [4.69, 9.17) is 16.7 Å². The maximum atomic E-state index is 13.3. The van der Waals surface area contributed by atoms with E-state index in [2.05, 4.69) is 34.7 Å². The summed E-state index contributed by atoms with van der Waals surface area (Å²) >= 11 is 7.79. The molecule has 0 saturated heterocycles. The molecule has 0 aliphatic rings. The second kappa shape index (κ2) is 15.1. The fourth-order valence-corrected chi connectivity index (χ4v) is 5.22. The van der Waals surface area contributed by atoms with Gasteiger partial charge in [0.25, 0.3) is 0 Å². The minimum Gasteiger partial charge on any atom is -0.477 e. The number of aromatic nitrogens is 1. The van der Waals surface area contributed by atoms with Crippen LogP contribution >= 0.6 is 22.9 Å². The van der Waals surface area contributed by atoms with Crippen LogP contribution in [-0.4, -0.2) is 22.6 Å². The Morgan fingerprint density at radius 3 is 2.28 bits per heavy atom. The summed E-state index contributed by atoms with van der Waals surface area (Å²) in [5.41, 5.74) is -0.863. The van der Waals surface area contributed by atoms with Gasteiger partial charge in [-0.1, -0.05) is 93.4 Å². The van der Waals surface area contributed by atoms with Crippen LogP contribution in [0.15, 0.2) is 60.0 Å². The third-order valence-corrected chi connectivity index (χ3v) is 7.58. The number of nitrogens with one attached hydrogen (secondary N) is 2. The number of alkyl halides is 3. The second-order valence-electron chi connectivity index (χ2n) is 9.31. The van der Waals surface area contributed by atoms with E-state index in [1.165, 1.54) is 62.4 Å². The number of aromatic amines is 1. The molecule has 0 atom stereocenters. The predicted molar refractivity (Wildman–Crippen MR) is 155 cm³/mol. The Kier molecular flexibility index (Phi) is 11.9. The van der Waals surface area contributed by atoms with E-state index >= 15 is 0 Å². The molecular weight excluding hydrogens is 545 g/mol. The Morgan fingerprint density at radius 2 is 1.67 bits per heavy atom. The average molecular weight is 579 g/mol. The normalized spacial score (nSPS) is 11.4. The van der Waals surface area contributed by atoms with Crippen molar-refractivity contribution in [1.82, 2.24) is 10.3 Å². The number of halogens is 4. The van der Waals surface area contributed by atoms with E-state index in [1.807, 2.05) is 11.3 Å². The molecule has 0 bridgehead atoms. The van der Waals surface area contributed by atoms with Crippen LogP contribution in [0.25, 0.3) is 22.0 Å². The predicted octanol–water partition coefficient (Wildman–Crippen LogP) is 9.79. The number of H-pyrrole nitrogens is 1. The average Bonchev–Trinajstić information content (AvgIpc) is 3.55. The first-order chi connectivity index (χ1) is 18.7. The summed E-state index contributed by atoms with van der Waals surface area (Å²) in [5, 5.41) is 14.5. The SMILES string of the molecule is CCCCCCCCCNCc1cccs1.O=C(O)c1[nH]c2c(C(F)(F)F)cc(-c3ccccc3)cc2c1Cl. The van der Waals surface area contributed by atoms with Crippen LogP contribution in [0.2, 0.25) is 5.02 Å². The van der Waals surface area contributed by atoms with Gasteiger partial charge in [-0.3, -0.25) is 0 Å². The van der Waals surface area contributed by atoms with E-state index < -0.39 is 23.4 Å². The van der Waals surface area contributed by atoms with E-state index in [0.29, 0.717) is 11.1 Å². The Balaban J connectivity index is 0.000000231. The van der Waals surface area contributed by atoms with Gasteiger partial charge in [0.05, 0.1) is 16.1 Å². The molecule has 0 saturated carbocycles. The van der Waals surface area contributed by atoms with E-state index in [-0.39, 0.29) is 15.9 Å². The highest BCUT2D eigenvalue weighted by molar-refractivity contribution is 7.09. The van der Waals surface area contributed by atoms with Crippen molar-refractivity contribution in [2.75, 3.05) is 6.54 Å². The van der Waals surface area contributed by atoms with Crippen molar-refractivity contribution in [2.45, 2.75) is 64.6 Å². The monoisotopic (exact) mass is 578 g/mol. The molecule has 39 heavy (non-hydrogen) atoms. The number of aromatic carboxylic acids is 1. The van der Waals surface area contributed by atoms with Gasteiger partial charge in [-0.05, 0) is 47.7 Å². The summed E-state index contributed by atoms with van der Waals surface area (Å²) in [5.74, 6) is -1.42. The molecule has 2 aromatic heterocycles. The quantitative estimate of drug-likeness (QED) is 0.147.